The van der Waals surface area contributed by atoms with Crippen LogP contribution in [0.15, 0.2) is 18.2 Å². The van der Waals surface area contributed by atoms with Crippen molar-refractivity contribution in [3.8, 4) is 0 Å². The highest BCUT2D eigenvalue weighted by Gasteiger charge is 2.32. The van der Waals surface area contributed by atoms with Crippen LogP contribution in [0, 0.1) is 11.7 Å². The summed E-state index contributed by atoms with van der Waals surface area (Å²) in [5.41, 5.74) is 0.784. The van der Waals surface area contributed by atoms with Crippen molar-refractivity contribution in [3.63, 3.8) is 0 Å². The Hall–Kier alpha value is -0.640. The maximum Gasteiger partial charge on any atom is 0.129 e. The van der Waals surface area contributed by atoms with E-state index in [1.807, 2.05) is 13.1 Å². The van der Waals surface area contributed by atoms with Gasteiger partial charge in [-0.05, 0) is 57.6 Å². The van der Waals surface area contributed by atoms with Gasteiger partial charge >= 0.3 is 0 Å². The first-order valence-corrected chi connectivity index (χ1v) is 7.38. The lowest BCUT2D eigenvalue weighted by Crippen LogP contribution is -2.42. The van der Waals surface area contributed by atoms with Crippen LogP contribution >= 0.6 is 11.6 Å². The molecule has 19 heavy (non-hydrogen) atoms. The monoisotopic (exact) mass is 284 g/mol. The highest BCUT2D eigenvalue weighted by atomic mass is 35.5. The van der Waals surface area contributed by atoms with Crippen LogP contribution in [0.4, 0.5) is 4.39 Å². The van der Waals surface area contributed by atoms with Crippen LogP contribution in [0.5, 0.6) is 0 Å². The van der Waals surface area contributed by atoms with Gasteiger partial charge in [-0.25, -0.2) is 4.39 Å². The third-order valence-electron chi connectivity index (χ3n) is 4.01. The lowest BCUT2D eigenvalue weighted by molar-refractivity contribution is 0.0954. The molecule has 1 aromatic rings. The molecule has 1 aromatic carbocycles. The zero-order valence-electron chi connectivity index (χ0n) is 11.6. The van der Waals surface area contributed by atoms with Gasteiger partial charge in [0, 0.05) is 16.6 Å². The van der Waals surface area contributed by atoms with Gasteiger partial charge in [0.15, 0.2) is 0 Å². The van der Waals surface area contributed by atoms with Crippen LogP contribution in [0.1, 0.15) is 31.4 Å². The van der Waals surface area contributed by atoms with Gasteiger partial charge in [-0.3, -0.25) is 4.90 Å². The lowest BCUT2D eigenvalue weighted by atomic mass is 9.84. The molecule has 1 saturated heterocycles. The standard InChI is InChI=1S/C15H22ClFN2/c1-3-19-8-4-5-11(10-18-2)15(19)13-7-6-12(16)9-14(13)17/h6-7,9,11,15,18H,3-5,8,10H2,1-2H3. The SMILES string of the molecule is CCN1CCCC(CNC)C1c1ccc(Cl)cc1F. The predicted molar refractivity (Wildman–Crippen MR) is 78.0 cm³/mol. The number of nitrogens with zero attached hydrogens (tertiary/aromatic N) is 1. The molecule has 1 heterocycles. The third-order valence-corrected chi connectivity index (χ3v) is 4.25. The minimum absolute atomic E-state index is 0.156. The molecule has 1 aliphatic heterocycles. The van der Waals surface area contributed by atoms with E-state index in [-0.39, 0.29) is 11.9 Å². The van der Waals surface area contributed by atoms with Crippen LogP contribution in [-0.4, -0.2) is 31.6 Å². The Bertz CT molecular complexity index is 423. The van der Waals surface area contributed by atoms with E-state index in [0.29, 0.717) is 10.9 Å². The zero-order chi connectivity index (χ0) is 13.8. The molecule has 1 fully saturated rings. The molecule has 0 bridgehead atoms. The van der Waals surface area contributed by atoms with Crippen molar-refractivity contribution in [3.05, 3.63) is 34.6 Å². The molecule has 0 radical (unpaired) electrons. The molecule has 0 aliphatic carbocycles. The molecule has 2 atom stereocenters. The summed E-state index contributed by atoms with van der Waals surface area (Å²) in [4.78, 5) is 2.37. The smallest absolute Gasteiger partial charge is 0.129 e. The Morgan fingerprint density at radius 3 is 2.89 bits per heavy atom. The van der Waals surface area contributed by atoms with Crippen LogP contribution in [-0.2, 0) is 0 Å². The van der Waals surface area contributed by atoms with Crippen LogP contribution in [0.25, 0.3) is 0 Å². The number of piperidine rings is 1. The van der Waals surface area contributed by atoms with Gasteiger partial charge in [-0.1, -0.05) is 24.6 Å². The summed E-state index contributed by atoms with van der Waals surface area (Å²) < 4.78 is 14.2. The molecule has 0 saturated carbocycles. The van der Waals surface area contributed by atoms with E-state index in [4.69, 9.17) is 11.6 Å². The zero-order valence-corrected chi connectivity index (χ0v) is 12.4. The molecule has 0 spiro atoms. The van der Waals surface area contributed by atoms with Gasteiger partial charge in [-0.2, -0.15) is 0 Å². The van der Waals surface area contributed by atoms with Crippen molar-refractivity contribution in [1.29, 1.82) is 0 Å². The number of nitrogens with one attached hydrogen (secondary N) is 1. The fourth-order valence-corrected chi connectivity index (χ4v) is 3.33. The van der Waals surface area contributed by atoms with Crippen molar-refractivity contribution < 1.29 is 4.39 Å². The van der Waals surface area contributed by atoms with Crippen molar-refractivity contribution in [2.45, 2.75) is 25.8 Å². The van der Waals surface area contributed by atoms with E-state index in [0.717, 1.165) is 31.6 Å². The Balaban J connectivity index is 2.33. The van der Waals surface area contributed by atoms with E-state index in [1.54, 1.807) is 6.07 Å². The molecule has 1 N–H and O–H groups in total. The van der Waals surface area contributed by atoms with Gasteiger partial charge in [-0.15, -0.1) is 0 Å². The molecule has 2 rings (SSSR count). The Morgan fingerprint density at radius 1 is 1.47 bits per heavy atom. The van der Waals surface area contributed by atoms with E-state index in [9.17, 15) is 4.39 Å². The second-order valence-corrected chi connectivity index (χ2v) is 5.64. The van der Waals surface area contributed by atoms with Gasteiger partial charge in [0.2, 0.25) is 0 Å². The van der Waals surface area contributed by atoms with Crippen molar-refractivity contribution >= 4 is 11.6 Å². The summed E-state index contributed by atoms with van der Waals surface area (Å²) in [5.74, 6) is 0.272. The second-order valence-electron chi connectivity index (χ2n) is 5.20. The average Bonchev–Trinajstić information content (AvgIpc) is 2.39. The molecule has 1 aliphatic rings. The summed E-state index contributed by atoms with van der Waals surface area (Å²) in [7, 11) is 1.96. The predicted octanol–water partition coefficient (Wildman–Crippen LogP) is 3.47. The summed E-state index contributed by atoms with van der Waals surface area (Å²) in [6.07, 6.45) is 2.33. The number of rotatable bonds is 4. The molecular formula is C15H22ClFN2. The molecule has 0 amide bonds. The molecule has 2 unspecified atom stereocenters. The molecule has 2 nitrogen and oxygen atoms in total. The van der Waals surface area contributed by atoms with Crippen molar-refractivity contribution in [2.24, 2.45) is 5.92 Å². The second kappa shape index (κ2) is 6.69. The highest BCUT2D eigenvalue weighted by Crippen LogP contribution is 2.37. The number of hydrogen-bond acceptors (Lipinski definition) is 2. The van der Waals surface area contributed by atoms with Gasteiger partial charge in [0.1, 0.15) is 5.82 Å². The maximum absolute atomic E-state index is 14.2. The van der Waals surface area contributed by atoms with Gasteiger partial charge in [0.25, 0.3) is 0 Å². The molecule has 0 aromatic heterocycles. The fourth-order valence-electron chi connectivity index (χ4n) is 3.17. The van der Waals surface area contributed by atoms with Gasteiger partial charge < -0.3 is 5.32 Å². The summed E-state index contributed by atoms with van der Waals surface area (Å²) in [5, 5.41) is 3.70. The topological polar surface area (TPSA) is 15.3 Å². The normalized spacial score (nSPS) is 24.6. The van der Waals surface area contributed by atoms with Crippen molar-refractivity contribution in [1.82, 2.24) is 10.2 Å². The maximum atomic E-state index is 14.2. The Kier molecular flexibility index (Phi) is 5.20. The van der Waals surface area contributed by atoms with E-state index in [1.165, 1.54) is 12.5 Å². The molecule has 4 heteroatoms. The van der Waals surface area contributed by atoms with Crippen LogP contribution in [0.3, 0.4) is 0 Å². The number of hydrogen-bond donors (Lipinski definition) is 1. The summed E-state index contributed by atoms with van der Waals surface area (Å²) in [6, 6.07) is 5.22. The molecule has 106 valence electrons. The number of halogens is 2. The quantitative estimate of drug-likeness (QED) is 0.911. The minimum Gasteiger partial charge on any atom is -0.319 e. The van der Waals surface area contributed by atoms with Gasteiger partial charge in [0.05, 0.1) is 0 Å². The number of likely N-dealkylation sites (tertiary alicyclic amines) is 1. The Labute approximate surface area is 119 Å². The number of benzene rings is 1. The van der Waals surface area contributed by atoms with Crippen LogP contribution in [0.2, 0.25) is 5.02 Å². The summed E-state index contributed by atoms with van der Waals surface area (Å²) in [6.45, 7) is 5.06. The van der Waals surface area contributed by atoms with E-state index < -0.39 is 0 Å². The lowest BCUT2D eigenvalue weighted by Gasteiger charge is -2.41. The third kappa shape index (κ3) is 3.28. The molecular weight excluding hydrogens is 263 g/mol. The largest absolute Gasteiger partial charge is 0.319 e. The summed E-state index contributed by atoms with van der Waals surface area (Å²) >= 11 is 5.86. The van der Waals surface area contributed by atoms with E-state index in [2.05, 4.69) is 17.1 Å². The van der Waals surface area contributed by atoms with Crippen molar-refractivity contribution in [2.75, 3.05) is 26.7 Å². The Morgan fingerprint density at radius 2 is 2.26 bits per heavy atom. The van der Waals surface area contributed by atoms with E-state index >= 15 is 0 Å². The first-order valence-electron chi connectivity index (χ1n) is 7.01. The first-order chi connectivity index (χ1) is 9.17. The highest BCUT2D eigenvalue weighted by molar-refractivity contribution is 6.30. The first kappa shape index (κ1) is 14.8. The fraction of sp³-hybridized carbons (Fsp3) is 0.600. The van der Waals surface area contributed by atoms with Crippen LogP contribution < -0.4 is 5.32 Å². The minimum atomic E-state index is -0.182. The average molecular weight is 285 g/mol.